The van der Waals surface area contributed by atoms with Gasteiger partial charge in [-0.05, 0) is 43.3 Å². The summed E-state index contributed by atoms with van der Waals surface area (Å²) >= 11 is 0. The van der Waals surface area contributed by atoms with E-state index < -0.39 is 11.6 Å². The molecule has 0 unspecified atom stereocenters. The van der Waals surface area contributed by atoms with Gasteiger partial charge >= 0.3 is 5.69 Å². The minimum absolute atomic E-state index is 0.222. The van der Waals surface area contributed by atoms with Crippen LogP contribution in [0.2, 0.25) is 0 Å². The van der Waals surface area contributed by atoms with Gasteiger partial charge in [-0.25, -0.2) is 18.6 Å². The van der Waals surface area contributed by atoms with Crippen molar-refractivity contribution in [2.45, 2.75) is 13.0 Å². The van der Waals surface area contributed by atoms with Crippen molar-refractivity contribution in [2.24, 2.45) is 0 Å². The van der Waals surface area contributed by atoms with Crippen LogP contribution in [0.15, 0.2) is 35.3 Å². The summed E-state index contributed by atoms with van der Waals surface area (Å²) in [6.07, 6.45) is 2.70. The second-order valence-electron chi connectivity index (χ2n) is 6.03. The number of pyridine rings is 1. The first-order valence-electron chi connectivity index (χ1n) is 7.87. The summed E-state index contributed by atoms with van der Waals surface area (Å²) < 4.78 is 28.5. The quantitative estimate of drug-likeness (QED) is 0.799. The molecule has 0 amide bonds. The molecule has 24 heavy (non-hydrogen) atoms. The monoisotopic (exact) mass is 330 g/mol. The SMILES string of the molecule is O=c1[nH]c2ncc(-c3cc(F)cc(F)c3)cc2n1CCN1CCC1. The van der Waals surface area contributed by atoms with E-state index >= 15 is 0 Å². The van der Waals surface area contributed by atoms with Crippen molar-refractivity contribution in [3.05, 3.63) is 52.6 Å². The van der Waals surface area contributed by atoms with E-state index in [1.54, 1.807) is 10.6 Å². The average molecular weight is 330 g/mol. The number of H-pyrrole nitrogens is 1. The lowest BCUT2D eigenvalue weighted by molar-refractivity contribution is 0.175. The third kappa shape index (κ3) is 2.71. The van der Waals surface area contributed by atoms with Crippen LogP contribution in [0.4, 0.5) is 8.78 Å². The van der Waals surface area contributed by atoms with Crippen LogP contribution in [0.1, 0.15) is 6.42 Å². The Morgan fingerprint density at radius 3 is 2.46 bits per heavy atom. The number of hydrogen-bond acceptors (Lipinski definition) is 3. The number of fused-ring (bicyclic) bond motifs is 1. The van der Waals surface area contributed by atoms with E-state index in [1.165, 1.54) is 24.8 Å². The topological polar surface area (TPSA) is 53.9 Å². The normalized spacial score (nSPS) is 14.9. The van der Waals surface area contributed by atoms with E-state index in [9.17, 15) is 13.6 Å². The predicted molar refractivity (Wildman–Crippen MR) is 86.8 cm³/mol. The van der Waals surface area contributed by atoms with Crippen molar-refractivity contribution >= 4 is 11.2 Å². The first-order chi connectivity index (χ1) is 11.6. The average Bonchev–Trinajstić information content (AvgIpc) is 2.80. The molecule has 1 fully saturated rings. The molecule has 7 heteroatoms. The van der Waals surface area contributed by atoms with Gasteiger partial charge in [0.1, 0.15) is 11.6 Å². The maximum absolute atomic E-state index is 13.4. The van der Waals surface area contributed by atoms with Crippen LogP contribution in [-0.4, -0.2) is 39.1 Å². The number of nitrogens with one attached hydrogen (secondary N) is 1. The summed E-state index contributed by atoms with van der Waals surface area (Å²) in [5, 5.41) is 0. The fourth-order valence-electron chi connectivity index (χ4n) is 2.98. The van der Waals surface area contributed by atoms with Crippen LogP contribution in [0, 0.1) is 11.6 Å². The van der Waals surface area contributed by atoms with Gasteiger partial charge in [0.25, 0.3) is 0 Å². The Kier molecular flexibility index (Phi) is 3.65. The Morgan fingerprint density at radius 1 is 1.04 bits per heavy atom. The molecule has 0 atom stereocenters. The molecule has 1 aliphatic rings. The highest BCUT2D eigenvalue weighted by atomic mass is 19.1. The Bertz CT molecular complexity index is 939. The van der Waals surface area contributed by atoms with Gasteiger partial charge in [0.2, 0.25) is 0 Å². The van der Waals surface area contributed by atoms with Crippen molar-refractivity contribution < 1.29 is 8.78 Å². The van der Waals surface area contributed by atoms with Crippen LogP contribution in [0.5, 0.6) is 0 Å². The molecule has 1 aliphatic heterocycles. The maximum atomic E-state index is 13.4. The summed E-state index contributed by atoms with van der Waals surface area (Å²) in [4.78, 5) is 21.4. The summed E-state index contributed by atoms with van der Waals surface area (Å²) in [5.74, 6) is -1.29. The molecule has 2 aromatic heterocycles. The molecule has 0 aliphatic carbocycles. The van der Waals surface area contributed by atoms with Gasteiger partial charge < -0.3 is 4.90 Å². The van der Waals surface area contributed by atoms with Gasteiger partial charge in [0.15, 0.2) is 5.65 Å². The zero-order valence-corrected chi connectivity index (χ0v) is 12.9. The summed E-state index contributed by atoms with van der Waals surface area (Å²) in [6.45, 7) is 3.47. The largest absolute Gasteiger partial charge is 0.327 e. The minimum Gasteiger partial charge on any atom is -0.301 e. The Labute approximate surface area is 136 Å². The number of likely N-dealkylation sites (tertiary alicyclic amines) is 1. The zero-order valence-electron chi connectivity index (χ0n) is 12.9. The van der Waals surface area contributed by atoms with Crippen molar-refractivity contribution in [1.82, 2.24) is 19.4 Å². The lowest BCUT2D eigenvalue weighted by atomic mass is 10.1. The number of aromatic amines is 1. The van der Waals surface area contributed by atoms with E-state index in [0.29, 0.717) is 28.8 Å². The standard InChI is InChI=1S/C17H16F2N4O/c18-13-6-11(7-14(19)9-13)12-8-15-16(20-10-12)21-17(24)23(15)5-4-22-2-1-3-22/h6-10H,1-5H2,(H,20,21,24). The van der Waals surface area contributed by atoms with E-state index in [0.717, 1.165) is 25.7 Å². The number of benzene rings is 1. The first kappa shape index (κ1) is 15.0. The van der Waals surface area contributed by atoms with Gasteiger partial charge in [-0.15, -0.1) is 0 Å². The minimum atomic E-state index is -0.644. The molecule has 0 bridgehead atoms. The zero-order chi connectivity index (χ0) is 16.7. The van der Waals surface area contributed by atoms with Crippen molar-refractivity contribution in [2.75, 3.05) is 19.6 Å². The maximum Gasteiger partial charge on any atom is 0.327 e. The molecule has 0 spiro atoms. The van der Waals surface area contributed by atoms with E-state index in [1.807, 2.05) is 0 Å². The molecule has 0 saturated carbocycles. The molecule has 5 nitrogen and oxygen atoms in total. The third-order valence-corrected chi connectivity index (χ3v) is 4.41. The van der Waals surface area contributed by atoms with Gasteiger partial charge in [-0.1, -0.05) is 0 Å². The highest BCUT2D eigenvalue weighted by molar-refractivity contribution is 5.78. The number of rotatable bonds is 4. The van der Waals surface area contributed by atoms with Crippen LogP contribution < -0.4 is 5.69 Å². The Hall–Kier alpha value is -2.54. The molecule has 0 radical (unpaired) electrons. The molecule has 3 aromatic rings. The fourth-order valence-corrected chi connectivity index (χ4v) is 2.98. The van der Waals surface area contributed by atoms with Crippen molar-refractivity contribution in [1.29, 1.82) is 0 Å². The molecule has 124 valence electrons. The summed E-state index contributed by atoms with van der Waals surface area (Å²) in [6, 6.07) is 5.07. The lowest BCUT2D eigenvalue weighted by Gasteiger charge is -2.30. The second kappa shape index (κ2) is 5.83. The number of imidazole rings is 1. The van der Waals surface area contributed by atoms with Gasteiger partial charge in [-0.3, -0.25) is 9.55 Å². The van der Waals surface area contributed by atoms with Crippen LogP contribution in [0.25, 0.3) is 22.3 Å². The highest BCUT2D eigenvalue weighted by Gasteiger charge is 2.15. The van der Waals surface area contributed by atoms with E-state index in [4.69, 9.17) is 0 Å². The fraction of sp³-hybridized carbons (Fsp3) is 0.294. The Morgan fingerprint density at radius 2 is 1.79 bits per heavy atom. The lowest BCUT2D eigenvalue weighted by Crippen LogP contribution is -2.40. The highest BCUT2D eigenvalue weighted by Crippen LogP contribution is 2.23. The molecule has 3 heterocycles. The van der Waals surface area contributed by atoms with Gasteiger partial charge in [0.05, 0.1) is 5.52 Å². The van der Waals surface area contributed by atoms with Crippen LogP contribution in [0.3, 0.4) is 0 Å². The smallest absolute Gasteiger partial charge is 0.301 e. The molecular formula is C17H16F2N4O. The first-order valence-corrected chi connectivity index (χ1v) is 7.87. The van der Waals surface area contributed by atoms with Crippen molar-refractivity contribution in [3.8, 4) is 11.1 Å². The van der Waals surface area contributed by atoms with Gasteiger partial charge in [-0.2, -0.15) is 0 Å². The molecular weight excluding hydrogens is 314 g/mol. The Balaban J connectivity index is 1.74. The van der Waals surface area contributed by atoms with Crippen LogP contribution >= 0.6 is 0 Å². The van der Waals surface area contributed by atoms with E-state index in [2.05, 4.69) is 14.9 Å². The summed E-state index contributed by atoms with van der Waals surface area (Å²) in [5.41, 5.74) is 1.86. The molecule has 1 aromatic carbocycles. The number of halogens is 2. The third-order valence-electron chi connectivity index (χ3n) is 4.41. The molecule has 4 rings (SSSR count). The van der Waals surface area contributed by atoms with Crippen molar-refractivity contribution in [3.63, 3.8) is 0 Å². The summed E-state index contributed by atoms with van der Waals surface area (Å²) in [7, 11) is 0. The van der Waals surface area contributed by atoms with E-state index in [-0.39, 0.29) is 5.69 Å². The molecule has 1 N–H and O–H groups in total. The second-order valence-corrected chi connectivity index (χ2v) is 6.03. The number of nitrogens with zero attached hydrogens (tertiary/aromatic N) is 3. The van der Waals surface area contributed by atoms with Gasteiger partial charge in [0, 0.05) is 30.9 Å². The molecule has 1 saturated heterocycles. The number of aromatic nitrogens is 3. The number of hydrogen-bond donors (Lipinski definition) is 1. The van der Waals surface area contributed by atoms with Crippen LogP contribution in [-0.2, 0) is 6.54 Å². The predicted octanol–water partition coefficient (Wildman–Crippen LogP) is 2.38.